The van der Waals surface area contributed by atoms with Gasteiger partial charge in [0, 0.05) is 31.7 Å². The Balaban J connectivity index is 1.25. The molecule has 2 amide bonds. The first-order valence-corrected chi connectivity index (χ1v) is 10.2. The van der Waals surface area contributed by atoms with E-state index in [2.05, 4.69) is 10.2 Å². The summed E-state index contributed by atoms with van der Waals surface area (Å²) in [5.74, 6) is 0.527. The lowest BCUT2D eigenvalue weighted by Crippen LogP contribution is -2.53. The molecule has 4 rings (SSSR count). The Bertz CT molecular complexity index is 444. The van der Waals surface area contributed by atoms with Crippen molar-refractivity contribution in [3.05, 3.63) is 0 Å². The zero-order valence-electron chi connectivity index (χ0n) is 14.8. The molecule has 2 aliphatic carbocycles. The number of aliphatic hydroxyl groups is 1. The number of nitrogens with zero attached hydrogens (tertiary/aromatic N) is 2. The Morgan fingerprint density at radius 1 is 0.875 bits per heavy atom. The van der Waals surface area contributed by atoms with Crippen molar-refractivity contribution >= 4 is 6.03 Å². The third-order valence-corrected chi connectivity index (χ3v) is 7.02. The van der Waals surface area contributed by atoms with Crippen LogP contribution in [0.2, 0.25) is 0 Å². The van der Waals surface area contributed by atoms with Gasteiger partial charge in [-0.25, -0.2) is 4.79 Å². The minimum Gasteiger partial charge on any atom is -0.391 e. The van der Waals surface area contributed by atoms with Crippen LogP contribution >= 0.6 is 0 Å². The zero-order valence-corrected chi connectivity index (χ0v) is 14.8. The molecule has 2 aliphatic heterocycles. The number of hydrogen-bond donors (Lipinski definition) is 2. The summed E-state index contributed by atoms with van der Waals surface area (Å²) in [4.78, 5) is 17.3. The van der Waals surface area contributed by atoms with Gasteiger partial charge in [0.1, 0.15) is 0 Å². The Labute approximate surface area is 145 Å². The first-order valence-electron chi connectivity index (χ1n) is 10.2. The molecule has 0 bridgehead atoms. The number of rotatable bonds is 2. The average Bonchev–Trinajstić information content (AvgIpc) is 3.20. The number of urea groups is 1. The minimum atomic E-state index is -0.309. The van der Waals surface area contributed by atoms with Crippen LogP contribution in [-0.4, -0.2) is 64.8 Å². The molecule has 24 heavy (non-hydrogen) atoms. The highest BCUT2D eigenvalue weighted by atomic mass is 16.3. The molecule has 2 saturated heterocycles. The second-order valence-corrected chi connectivity index (χ2v) is 8.43. The number of piperidine rings is 1. The summed E-state index contributed by atoms with van der Waals surface area (Å²) in [6.07, 6.45) is 11.8. The maximum atomic E-state index is 12.7. The van der Waals surface area contributed by atoms with E-state index in [-0.39, 0.29) is 18.2 Å². The molecule has 0 aromatic rings. The molecule has 0 aromatic carbocycles. The summed E-state index contributed by atoms with van der Waals surface area (Å²) in [5, 5.41) is 13.4. The van der Waals surface area contributed by atoms with Gasteiger partial charge < -0.3 is 20.2 Å². The van der Waals surface area contributed by atoms with Gasteiger partial charge in [-0.3, -0.25) is 0 Å². The molecule has 3 atom stereocenters. The van der Waals surface area contributed by atoms with E-state index >= 15 is 0 Å². The third kappa shape index (κ3) is 3.30. The van der Waals surface area contributed by atoms with Gasteiger partial charge in [-0.1, -0.05) is 19.3 Å². The van der Waals surface area contributed by atoms with Crippen LogP contribution in [0, 0.1) is 5.92 Å². The largest absolute Gasteiger partial charge is 0.391 e. The summed E-state index contributed by atoms with van der Waals surface area (Å²) >= 11 is 0. The molecule has 4 aliphatic rings. The monoisotopic (exact) mass is 335 g/mol. The van der Waals surface area contributed by atoms with E-state index in [4.69, 9.17) is 0 Å². The van der Waals surface area contributed by atoms with Crippen molar-refractivity contribution in [2.24, 2.45) is 5.92 Å². The number of aliphatic hydroxyl groups excluding tert-OH is 1. The van der Waals surface area contributed by atoms with Gasteiger partial charge in [-0.05, 0) is 50.9 Å². The topological polar surface area (TPSA) is 55.8 Å². The number of fused-ring (bicyclic) bond motifs is 1. The predicted molar refractivity (Wildman–Crippen MR) is 93.8 cm³/mol. The molecule has 5 nitrogen and oxygen atoms in total. The highest BCUT2D eigenvalue weighted by Gasteiger charge is 2.45. The second kappa shape index (κ2) is 7.20. The number of carbonyl (C=O) groups excluding carboxylic acids is 1. The average molecular weight is 335 g/mol. The van der Waals surface area contributed by atoms with Gasteiger partial charge in [0.25, 0.3) is 0 Å². The molecule has 0 spiro atoms. The van der Waals surface area contributed by atoms with Crippen LogP contribution < -0.4 is 5.32 Å². The van der Waals surface area contributed by atoms with Crippen LogP contribution in [-0.2, 0) is 0 Å². The Morgan fingerprint density at radius 2 is 1.62 bits per heavy atom. The Hall–Kier alpha value is -0.810. The molecule has 0 unspecified atom stereocenters. The van der Waals surface area contributed by atoms with E-state index in [9.17, 15) is 9.90 Å². The van der Waals surface area contributed by atoms with Crippen LogP contribution in [0.15, 0.2) is 0 Å². The Kier molecular flexibility index (Phi) is 5.00. The molecular formula is C19H33N3O2. The van der Waals surface area contributed by atoms with Gasteiger partial charge in [0.05, 0.1) is 12.1 Å². The molecule has 0 radical (unpaired) electrons. The fraction of sp³-hybridized carbons (Fsp3) is 0.947. The number of nitrogens with one attached hydrogen (secondary N) is 1. The normalized spacial score (nSPS) is 36.0. The second-order valence-electron chi connectivity index (χ2n) is 8.43. The number of hydrogen-bond acceptors (Lipinski definition) is 3. The lowest BCUT2D eigenvalue weighted by molar-refractivity contribution is 0.0899. The van der Waals surface area contributed by atoms with E-state index in [1.807, 2.05) is 4.90 Å². The molecule has 0 aromatic heterocycles. The van der Waals surface area contributed by atoms with Crippen molar-refractivity contribution in [1.82, 2.24) is 15.1 Å². The first-order chi connectivity index (χ1) is 11.7. The van der Waals surface area contributed by atoms with E-state index < -0.39 is 0 Å². The summed E-state index contributed by atoms with van der Waals surface area (Å²) in [6.45, 7) is 3.08. The van der Waals surface area contributed by atoms with Gasteiger partial charge in [-0.2, -0.15) is 0 Å². The lowest BCUT2D eigenvalue weighted by Gasteiger charge is -2.40. The quantitative estimate of drug-likeness (QED) is 0.814. The SMILES string of the molecule is O=C(NC1CCN(C2CCCCC2)CC1)N1CC[C@@H]2CC[C@@H](O)[C@@H]21. The van der Waals surface area contributed by atoms with Crippen LogP contribution in [0.3, 0.4) is 0 Å². The lowest BCUT2D eigenvalue weighted by atomic mass is 9.92. The van der Waals surface area contributed by atoms with Gasteiger partial charge in [0.2, 0.25) is 0 Å². The molecule has 4 fully saturated rings. The molecule has 2 saturated carbocycles. The fourth-order valence-electron chi connectivity index (χ4n) is 5.62. The Morgan fingerprint density at radius 3 is 2.38 bits per heavy atom. The molecular weight excluding hydrogens is 302 g/mol. The summed E-state index contributed by atoms with van der Waals surface area (Å²) in [5.41, 5.74) is 0. The summed E-state index contributed by atoms with van der Waals surface area (Å²) < 4.78 is 0. The maximum absolute atomic E-state index is 12.7. The van der Waals surface area contributed by atoms with Crippen LogP contribution in [0.1, 0.15) is 64.2 Å². The van der Waals surface area contributed by atoms with Crippen molar-refractivity contribution in [1.29, 1.82) is 0 Å². The number of carbonyl (C=O) groups is 1. The van der Waals surface area contributed by atoms with E-state index in [1.54, 1.807) is 0 Å². The molecule has 5 heteroatoms. The molecule has 136 valence electrons. The summed E-state index contributed by atoms with van der Waals surface area (Å²) in [6, 6.07) is 1.25. The van der Waals surface area contributed by atoms with Crippen molar-refractivity contribution in [2.45, 2.75) is 88.4 Å². The van der Waals surface area contributed by atoms with Gasteiger partial charge >= 0.3 is 6.03 Å². The predicted octanol–water partition coefficient (Wildman–Crippen LogP) is 2.34. The van der Waals surface area contributed by atoms with E-state index in [1.165, 1.54) is 32.1 Å². The first kappa shape index (κ1) is 16.6. The number of likely N-dealkylation sites (tertiary alicyclic amines) is 2. The highest BCUT2D eigenvalue weighted by molar-refractivity contribution is 5.75. The fourth-order valence-corrected chi connectivity index (χ4v) is 5.62. The third-order valence-electron chi connectivity index (χ3n) is 7.02. The smallest absolute Gasteiger partial charge is 0.317 e. The zero-order chi connectivity index (χ0) is 16.5. The van der Waals surface area contributed by atoms with Crippen molar-refractivity contribution in [3.63, 3.8) is 0 Å². The van der Waals surface area contributed by atoms with Crippen LogP contribution in [0.25, 0.3) is 0 Å². The summed E-state index contributed by atoms with van der Waals surface area (Å²) in [7, 11) is 0. The molecule has 2 heterocycles. The van der Waals surface area contributed by atoms with Crippen molar-refractivity contribution in [2.75, 3.05) is 19.6 Å². The van der Waals surface area contributed by atoms with Gasteiger partial charge in [-0.15, -0.1) is 0 Å². The number of amides is 2. The van der Waals surface area contributed by atoms with Crippen LogP contribution in [0.4, 0.5) is 4.79 Å². The molecule has 2 N–H and O–H groups in total. The van der Waals surface area contributed by atoms with E-state index in [0.29, 0.717) is 12.0 Å². The minimum absolute atomic E-state index is 0.0690. The van der Waals surface area contributed by atoms with Crippen molar-refractivity contribution < 1.29 is 9.90 Å². The standard InChI is InChI=1S/C19H33N3O2/c23-17-7-6-14-8-13-22(18(14)17)19(24)20-15-9-11-21(12-10-15)16-4-2-1-3-5-16/h14-18,23H,1-13H2,(H,20,24)/t14-,17+,18+/m0/s1. The van der Waals surface area contributed by atoms with Crippen LogP contribution in [0.5, 0.6) is 0 Å². The van der Waals surface area contributed by atoms with E-state index in [0.717, 1.165) is 57.8 Å². The van der Waals surface area contributed by atoms with Gasteiger partial charge in [0.15, 0.2) is 0 Å². The highest BCUT2D eigenvalue weighted by Crippen LogP contribution is 2.38. The van der Waals surface area contributed by atoms with Crippen molar-refractivity contribution in [3.8, 4) is 0 Å². The maximum Gasteiger partial charge on any atom is 0.317 e.